The van der Waals surface area contributed by atoms with Crippen LogP contribution in [0.3, 0.4) is 0 Å². The van der Waals surface area contributed by atoms with E-state index in [2.05, 4.69) is 46.4 Å². The first-order valence-electron chi connectivity index (χ1n) is 9.28. The molecule has 154 valence electrons. The average Bonchev–Trinajstić information content (AvgIpc) is 2.53. The third kappa shape index (κ3) is 6.95. The lowest BCUT2D eigenvalue weighted by atomic mass is 10.0. The molecule has 0 aromatic carbocycles. The van der Waals surface area contributed by atoms with E-state index in [9.17, 15) is 9.18 Å². The highest BCUT2D eigenvalue weighted by Crippen LogP contribution is 2.22. The minimum atomic E-state index is -1.59. The smallest absolute Gasteiger partial charge is 0.410 e. The third-order valence-corrected chi connectivity index (χ3v) is 4.90. The summed E-state index contributed by atoms with van der Waals surface area (Å²) in [6, 6.07) is -0.503. The minimum absolute atomic E-state index is 0.0404. The maximum absolute atomic E-state index is 14.8. The van der Waals surface area contributed by atoms with Crippen molar-refractivity contribution in [3.63, 3.8) is 0 Å². The number of alkyl halides is 1. The maximum Gasteiger partial charge on any atom is 0.410 e. The lowest BCUT2D eigenvalue weighted by Crippen LogP contribution is -2.51. The number of carbonyl (C=O) groups excluding carboxylic acids is 1. The number of amides is 1. The molecular weight excluding hydrogens is 399 g/mol. The quantitative estimate of drug-likeness (QED) is 0.437. The lowest BCUT2D eigenvalue weighted by Gasteiger charge is -2.36. The molecule has 0 spiro atoms. The summed E-state index contributed by atoms with van der Waals surface area (Å²) in [4.78, 5) is 21.7. The second-order valence-electron chi connectivity index (χ2n) is 8.88. The SMILES string of the molecule is CC(C)(C)OC(=O)N1CC[C@H](Nc2nc(Cl)ncc2C#C[Si](C)(C)C)[C@H](F)C1. The van der Waals surface area contributed by atoms with Crippen molar-refractivity contribution in [1.29, 1.82) is 0 Å². The fourth-order valence-electron chi connectivity index (χ4n) is 2.55. The summed E-state index contributed by atoms with van der Waals surface area (Å²) in [6.07, 6.45) is 0.199. The Hall–Kier alpha value is -1.85. The van der Waals surface area contributed by atoms with Gasteiger partial charge >= 0.3 is 6.09 Å². The Balaban J connectivity index is 2.10. The van der Waals surface area contributed by atoms with Crippen molar-refractivity contribution >= 4 is 31.6 Å². The molecule has 0 aliphatic carbocycles. The minimum Gasteiger partial charge on any atom is -0.444 e. The van der Waals surface area contributed by atoms with Crippen LogP contribution >= 0.6 is 11.6 Å². The van der Waals surface area contributed by atoms with Gasteiger partial charge in [0, 0.05) is 12.7 Å². The van der Waals surface area contributed by atoms with Crippen LogP contribution in [0.1, 0.15) is 32.8 Å². The molecule has 1 aliphatic rings. The molecule has 0 saturated carbocycles. The molecule has 0 bridgehead atoms. The average molecular weight is 427 g/mol. The van der Waals surface area contributed by atoms with Gasteiger partial charge in [-0.1, -0.05) is 25.6 Å². The van der Waals surface area contributed by atoms with Crippen molar-refractivity contribution in [1.82, 2.24) is 14.9 Å². The summed E-state index contributed by atoms with van der Waals surface area (Å²) in [7, 11) is -1.59. The number of anilines is 1. The Morgan fingerprint density at radius 1 is 1.43 bits per heavy atom. The number of rotatable bonds is 2. The molecule has 1 N–H and O–H groups in total. The second-order valence-corrected chi connectivity index (χ2v) is 14.0. The summed E-state index contributed by atoms with van der Waals surface area (Å²) in [6.45, 7) is 12.1. The fraction of sp³-hybridized carbons (Fsp3) is 0.632. The van der Waals surface area contributed by atoms with Crippen molar-refractivity contribution < 1.29 is 13.9 Å². The molecule has 0 unspecified atom stereocenters. The Morgan fingerprint density at radius 3 is 2.68 bits per heavy atom. The van der Waals surface area contributed by atoms with Crippen LogP contribution in [0, 0.1) is 11.5 Å². The van der Waals surface area contributed by atoms with E-state index in [1.807, 2.05) is 0 Å². The Morgan fingerprint density at radius 2 is 2.11 bits per heavy atom. The molecule has 2 atom stereocenters. The zero-order valence-electron chi connectivity index (χ0n) is 17.3. The van der Waals surface area contributed by atoms with Gasteiger partial charge in [-0.25, -0.2) is 14.2 Å². The zero-order chi connectivity index (χ0) is 21.1. The van der Waals surface area contributed by atoms with Gasteiger partial charge < -0.3 is 15.0 Å². The molecule has 1 aromatic rings. The highest BCUT2D eigenvalue weighted by molar-refractivity contribution is 6.83. The third-order valence-electron chi connectivity index (χ3n) is 3.85. The molecule has 0 radical (unpaired) electrons. The van der Waals surface area contributed by atoms with Crippen LogP contribution in [0.2, 0.25) is 24.9 Å². The summed E-state index contributed by atoms with van der Waals surface area (Å²) in [5.41, 5.74) is 3.23. The molecule has 9 heteroatoms. The maximum atomic E-state index is 14.8. The van der Waals surface area contributed by atoms with Gasteiger partial charge in [0.15, 0.2) is 0 Å². The number of hydrogen-bond acceptors (Lipinski definition) is 5. The predicted octanol–water partition coefficient (Wildman–Crippen LogP) is 4.12. The van der Waals surface area contributed by atoms with Crippen LogP contribution in [0.5, 0.6) is 0 Å². The number of halogens is 2. The van der Waals surface area contributed by atoms with E-state index in [0.29, 0.717) is 24.3 Å². The summed E-state index contributed by atoms with van der Waals surface area (Å²) in [5.74, 6) is 3.52. The highest BCUT2D eigenvalue weighted by Gasteiger charge is 2.34. The molecule has 2 rings (SSSR count). The van der Waals surface area contributed by atoms with Gasteiger partial charge in [0.1, 0.15) is 25.7 Å². The molecule has 2 heterocycles. The largest absolute Gasteiger partial charge is 0.444 e. The lowest BCUT2D eigenvalue weighted by molar-refractivity contribution is 0.0125. The van der Waals surface area contributed by atoms with Gasteiger partial charge in [-0.05, 0) is 38.8 Å². The van der Waals surface area contributed by atoms with E-state index >= 15 is 0 Å². The standard InChI is InChI=1S/C19H28ClFN4O2Si/c1-19(2,3)27-18(26)25-9-7-15(14(21)12-25)23-16-13(8-10-28(4,5)6)11-22-17(20)24-16/h11,14-15H,7,9,12H2,1-6H3,(H,22,23,24)/t14-,15+/m1/s1. The van der Waals surface area contributed by atoms with E-state index in [4.69, 9.17) is 16.3 Å². The number of nitrogens with one attached hydrogen (secondary N) is 1. The number of nitrogens with zero attached hydrogens (tertiary/aromatic N) is 3. The van der Waals surface area contributed by atoms with E-state index in [1.54, 1.807) is 27.0 Å². The molecule has 6 nitrogen and oxygen atoms in total. The molecule has 1 aromatic heterocycles. The van der Waals surface area contributed by atoms with Crippen molar-refractivity contribution in [2.24, 2.45) is 0 Å². The number of ether oxygens (including phenoxy) is 1. The summed E-state index contributed by atoms with van der Waals surface area (Å²) in [5, 5.41) is 3.18. The van der Waals surface area contributed by atoms with Crippen molar-refractivity contribution in [2.45, 2.75) is 64.6 Å². The number of likely N-dealkylation sites (tertiary alicyclic amines) is 1. The van der Waals surface area contributed by atoms with Crippen molar-refractivity contribution in [2.75, 3.05) is 18.4 Å². The topological polar surface area (TPSA) is 67.3 Å². The van der Waals surface area contributed by atoms with Crippen molar-refractivity contribution in [3.05, 3.63) is 17.0 Å². The van der Waals surface area contributed by atoms with E-state index in [-0.39, 0.29) is 11.8 Å². The number of aromatic nitrogens is 2. The first kappa shape index (κ1) is 22.4. The van der Waals surface area contributed by atoms with Gasteiger partial charge in [-0.15, -0.1) is 5.54 Å². The first-order chi connectivity index (χ1) is 12.8. The molecule has 1 fully saturated rings. The van der Waals surface area contributed by atoms with E-state index < -0.39 is 32.0 Å². The van der Waals surface area contributed by atoms with Gasteiger partial charge in [0.05, 0.1) is 18.2 Å². The fourth-order valence-corrected chi connectivity index (χ4v) is 3.19. The van der Waals surface area contributed by atoms with E-state index in [0.717, 1.165) is 0 Å². The van der Waals surface area contributed by atoms with Crippen LogP contribution in [0.25, 0.3) is 0 Å². The van der Waals surface area contributed by atoms with E-state index in [1.165, 1.54) is 4.90 Å². The van der Waals surface area contributed by atoms with Crippen LogP contribution in [-0.2, 0) is 4.74 Å². The predicted molar refractivity (Wildman–Crippen MR) is 112 cm³/mol. The first-order valence-corrected chi connectivity index (χ1v) is 13.2. The molecule has 1 aliphatic heterocycles. The second kappa shape index (κ2) is 8.66. The van der Waals surface area contributed by atoms with Crippen LogP contribution in [0.15, 0.2) is 6.20 Å². The monoisotopic (exact) mass is 426 g/mol. The Labute approximate surface area is 172 Å². The molecule has 1 saturated heterocycles. The molecule has 1 amide bonds. The van der Waals surface area contributed by atoms with Gasteiger partial charge in [-0.3, -0.25) is 0 Å². The van der Waals surface area contributed by atoms with Crippen molar-refractivity contribution in [3.8, 4) is 11.5 Å². The van der Waals surface area contributed by atoms with Crippen LogP contribution in [-0.4, -0.2) is 59.9 Å². The Bertz CT molecular complexity index is 783. The summed E-state index contributed by atoms with van der Waals surface area (Å²) >= 11 is 5.92. The summed E-state index contributed by atoms with van der Waals surface area (Å²) < 4.78 is 20.1. The van der Waals surface area contributed by atoms with Crippen LogP contribution < -0.4 is 5.32 Å². The number of piperidine rings is 1. The zero-order valence-corrected chi connectivity index (χ0v) is 19.0. The van der Waals surface area contributed by atoms with Gasteiger partial charge in [0.25, 0.3) is 0 Å². The normalized spacial score (nSPS) is 20.2. The van der Waals surface area contributed by atoms with Gasteiger partial charge in [-0.2, -0.15) is 4.98 Å². The van der Waals surface area contributed by atoms with Gasteiger partial charge in [0.2, 0.25) is 5.28 Å². The van der Waals surface area contributed by atoms with Crippen LogP contribution in [0.4, 0.5) is 15.0 Å². The molecule has 28 heavy (non-hydrogen) atoms. The number of carbonyl (C=O) groups is 1. The highest BCUT2D eigenvalue weighted by atomic mass is 35.5. The number of hydrogen-bond donors (Lipinski definition) is 1. The molecular formula is C19H28ClFN4O2Si. The Kier molecular flexibility index (Phi) is 6.94.